The van der Waals surface area contributed by atoms with E-state index in [0.29, 0.717) is 19.1 Å². The van der Waals surface area contributed by atoms with Crippen molar-refractivity contribution < 1.29 is 13.5 Å². The first-order chi connectivity index (χ1) is 8.74. The fourth-order valence-corrected chi connectivity index (χ4v) is 2.33. The van der Waals surface area contributed by atoms with E-state index >= 15 is 0 Å². The molecule has 2 nitrogen and oxygen atoms in total. The third kappa shape index (κ3) is 4.35. The highest BCUT2D eigenvalue weighted by Gasteiger charge is 2.24. The molecule has 0 amide bonds. The molecule has 0 radical (unpaired) electrons. The number of alkyl halides is 2. The summed E-state index contributed by atoms with van der Waals surface area (Å²) in [6.45, 7) is 2.67. The van der Waals surface area contributed by atoms with Gasteiger partial charge >= 0.3 is 0 Å². The Morgan fingerprint density at radius 3 is 2.78 bits per heavy atom. The molecule has 100 valence electrons. The van der Waals surface area contributed by atoms with Crippen LogP contribution in [0.15, 0.2) is 30.3 Å². The molecule has 2 rings (SSSR count). The van der Waals surface area contributed by atoms with Crippen LogP contribution in [0.5, 0.6) is 0 Å². The molecule has 4 heteroatoms. The first kappa shape index (κ1) is 13.4. The fourth-order valence-electron chi connectivity index (χ4n) is 2.33. The van der Waals surface area contributed by atoms with Crippen molar-refractivity contribution in [2.45, 2.75) is 19.5 Å². The van der Waals surface area contributed by atoms with E-state index in [0.717, 1.165) is 25.1 Å². The van der Waals surface area contributed by atoms with Crippen molar-refractivity contribution in [3.05, 3.63) is 35.9 Å². The number of ether oxygens (including phenoxy) is 1. The molecule has 1 atom stereocenters. The average Bonchev–Trinajstić information content (AvgIpc) is 2.77. The maximum Gasteiger partial charge on any atom is 0.251 e. The predicted molar refractivity (Wildman–Crippen MR) is 66.6 cm³/mol. The van der Waals surface area contributed by atoms with Crippen molar-refractivity contribution in [3.63, 3.8) is 0 Å². The van der Waals surface area contributed by atoms with Gasteiger partial charge in [-0.3, -0.25) is 4.90 Å². The molecule has 0 saturated carbocycles. The molecular formula is C14H19F2NO. The van der Waals surface area contributed by atoms with E-state index in [-0.39, 0.29) is 6.54 Å². The smallest absolute Gasteiger partial charge is 0.251 e. The lowest BCUT2D eigenvalue weighted by atomic mass is 10.1. The zero-order chi connectivity index (χ0) is 12.8. The summed E-state index contributed by atoms with van der Waals surface area (Å²) in [5.41, 5.74) is 1.15. The molecule has 0 aliphatic carbocycles. The fraction of sp³-hybridized carbons (Fsp3) is 0.571. The Morgan fingerprint density at radius 2 is 2.06 bits per heavy atom. The van der Waals surface area contributed by atoms with Gasteiger partial charge in [-0.2, -0.15) is 0 Å². The molecule has 1 aliphatic rings. The SMILES string of the molecule is FC(F)CN1CC[C@H](COCc2ccccc2)C1. The number of hydrogen-bond donors (Lipinski definition) is 0. The van der Waals surface area contributed by atoms with Crippen LogP contribution in [0.4, 0.5) is 8.78 Å². The number of likely N-dealkylation sites (tertiary alicyclic amines) is 1. The second-order valence-corrected chi connectivity index (χ2v) is 4.81. The molecule has 1 heterocycles. The summed E-state index contributed by atoms with van der Waals surface area (Å²) >= 11 is 0. The van der Waals surface area contributed by atoms with Gasteiger partial charge in [0.15, 0.2) is 0 Å². The number of halogens is 2. The Bertz CT molecular complexity index is 345. The minimum atomic E-state index is -2.23. The van der Waals surface area contributed by atoms with Gasteiger partial charge in [-0.15, -0.1) is 0 Å². The summed E-state index contributed by atoms with van der Waals surface area (Å²) in [4.78, 5) is 1.82. The van der Waals surface area contributed by atoms with Crippen LogP contribution in [0.3, 0.4) is 0 Å². The first-order valence-corrected chi connectivity index (χ1v) is 6.36. The monoisotopic (exact) mass is 255 g/mol. The molecule has 1 fully saturated rings. The van der Waals surface area contributed by atoms with Gasteiger partial charge in [0.2, 0.25) is 0 Å². The summed E-state index contributed by atoms with van der Waals surface area (Å²) in [6.07, 6.45) is -1.27. The molecule has 1 saturated heterocycles. The summed E-state index contributed by atoms with van der Waals surface area (Å²) in [7, 11) is 0. The molecule has 0 spiro atoms. The van der Waals surface area contributed by atoms with E-state index < -0.39 is 6.43 Å². The van der Waals surface area contributed by atoms with E-state index in [4.69, 9.17) is 4.74 Å². The maximum absolute atomic E-state index is 12.2. The second kappa shape index (κ2) is 6.81. The van der Waals surface area contributed by atoms with Gasteiger partial charge in [-0.1, -0.05) is 30.3 Å². The molecule has 0 N–H and O–H groups in total. The summed E-state index contributed by atoms with van der Waals surface area (Å²) in [5.74, 6) is 0.396. The van der Waals surface area contributed by atoms with Crippen LogP contribution in [-0.4, -0.2) is 37.6 Å². The summed E-state index contributed by atoms with van der Waals surface area (Å²) < 4.78 is 30.1. The Balaban J connectivity index is 1.63. The van der Waals surface area contributed by atoms with Gasteiger partial charge in [0.05, 0.1) is 19.8 Å². The minimum Gasteiger partial charge on any atom is -0.376 e. The van der Waals surface area contributed by atoms with E-state index in [9.17, 15) is 8.78 Å². The molecule has 0 unspecified atom stereocenters. The highest BCUT2D eigenvalue weighted by molar-refractivity contribution is 5.13. The molecule has 0 bridgehead atoms. The highest BCUT2D eigenvalue weighted by atomic mass is 19.3. The Kier molecular flexibility index (Phi) is 5.08. The zero-order valence-electron chi connectivity index (χ0n) is 10.4. The summed E-state index contributed by atoms with van der Waals surface area (Å²) in [5, 5.41) is 0. The van der Waals surface area contributed by atoms with Gasteiger partial charge in [-0.05, 0) is 24.4 Å². The quantitative estimate of drug-likeness (QED) is 0.775. The van der Waals surface area contributed by atoms with Gasteiger partial charge in [0.25, 0.3) is 6.43 Å². The van der Waals surface area contributed by atoms with Crippen LogP contribution in [0.1, 0.15) is 12.0 Å². The van der Waals surface area contributed by atoms with Gasteiger partial charge in [0, 0.05) is 6.54 Å². The third-order valence-corrected chi connectivity index (χ3v) is 3.23. The standard InChI is InChI=1S/C14H19F2NO/c15-14(16)9-17-7-6-13(8-17)11-18-10-12-4-2-1-3-5-12/h1-5,13-14H,6-11H2/t13-/m0/s1. The van der Waals surface area contributed by atoms with Crippen molar-refractivity contribution in [1.29, 1.82) is 0 Å². The van der Waals surface area contributed by atoms with Crippen LogP contribution in [0, 0.1) is 5.92 Å². The van der Waals surface area contributed by atoms with Crippen molar-refractivity contribution in [2.75, 3.05) is 26.2 Å². The molecule has 1 aromatic rings. The lowest BCUT2D eigenvalue weighted by molar-refractivity contribution is 0.0768. The Hall–Kier alpha value is -1.00. The largest absolute Gasteiger partial charge is 0.376 e. The Labute approximate surface area is 107 Å². The topological polar surface area (TPSA) is 12.5 Å². The van der Waals surface area contributed by atoms with Gasteiger partial charge < -0.3 is 4.74 Å². The number of hydrogen-bond acceptors (Lipinski definition) is 2. The molecule has 18 heavy (non-hydrogen) atoms. The van der Waals surface area contributed by atoms with Crippen LogP contribution in [-0.2, 0) is 11.3 Å². The number of benzene rings is 1. The minimum absolute atomic E-state index is 0.102. The van der Waals surface area contributed by atoms with E-state index in [1.807, 2.05) is 35.2 Å². The van der Waals surface area contributed by atoms with Crippen LogP contribution < -0.4 is 0 Å². The first-order valence-electron chi connectivity index (χ1n) is 6.36. The van der Waals surface area contributed by atoms with Crippen molar-refractivity contribution >= 4 is 0 Å². The van der Waals surface area contributed by atoms with Crippen LogP contribution >= 0.6 is 0 Å². The number of nitrogens with zero attached hydrogens (tertiary/aromatic N) is 1. The van der Waals surface area contributed by atoms with Gasteiger partial charge in [0.1, 0.15) is 0 Å². The lowest BCUT2D eigenvalue weighted by Crippen LogP contribution is -2.27. The van der Waals surface area contributed by atoms with Crippen molar-refractivity contribution in [2.24, 2.45) is 5.92 Å². The van der Waals surface area contributed by atoms with Crippen LogP contribution in [0.2, 0.25) is 0 Å². The highest BCUT2D eigenvalue weighted by Crippen LogP contribution is 2.18. The average molecular weight is 255 g/mol. The Morgan fingerprint density at radius 1 is 1.28 bits per heavy atom. The predicted octanol–water partition coefficient (Wildman–Crippen LogP) is 2.79. The molecule has 1 aromatic carbocycles. The van der Waals surface area contributed by atoms with E-state index in [1.54, 1.807) is 0 Å². The molecule has 1 aliphatic heterocycles. The lowest BCUT2D eigenvalue weighted by Gasteiger charge is -2.15. The van der Waals surface area contributed by atoms with E-state index in [1.165, 1.54) is 0 Å². The van der Waals surface area contributed by atoms with Crippen molar-refractivity contribution in [1.82, 2.24) is 4.90 Å². The van der Waals surface area contributed by atoms with Crippen LogP contribution in [0.25, 0.3) is 0 Å². The van der Waals surface area contributed by atoms with E-state index in [2.05, 4.69) is 0 Å². The second-order valence-electron chi connectivity index (χ2n) is 4.81. The molecule has 0 aromatic heterocycles. The van der Waals surface area contributed by atoms with Gasteiger partial charge in [-0.25, -0.2) is 8.78 Å². The normalized spacial score (nSPS) is 20.7. The molecular weight excluding hydrogens is 236 g/mol. The maximum atomic E-state index is 12.2. The zero-order valence-corrected chi connectivity index (χ0v) is 10.4. The number of rotatable bonds is 6. The van der Waals surface area contributed by atoms with Crippen molar-refractivity contribution in [3.8, 4) is 0 Å². The summed E-state index contributed by atoms with van der Waals surface area (Å²) in [6, 6.07) is 10.00. The third-order valence-electron chi connectivity index (χ3n) is 3.23.